The van der Waals surface area contributed by atoms with Gasteiger partial charge in [-0.25, -0.2) is 0 Å². The van der Waals surface area contributed by atoms with Crippen molar-refractivity contribution < 1.29 is 9.53 Å². The van der Waals surface area contributed by atoms with Crippen molar-refractivity contribution in [3.63, 3.8) is 0 Å². The van der Waals surface area contributed by atoms with Crippen molar-refractivity contribution in [3.05, 3.63) is 20.8 Å². The van der Waals surface area contributed by atoms with Crippen LogP contribution in [0.25, 0.3) is 0 Å². The Bertz CT molecular complexity index is 296. The smallest absolute Gasteiger partial charge is 0.176 e. The average molecular weight is 277 g/mol. The van der Waals surface area contributed by atoms with Gasteiger partial charge in [0.05, 0.1) is 11.5 Å². The molecule has 0 spiro atoms. The van der Waals surface area contributed by atoms with E-state index in [2.05, 4.69) is 22.9 Å². The van der Waals surface area contributed by atoms with Gasteiger partial charge in [0.2, 0.25) is 0 Å². The molecule has 0 saturated heterocycles. The van der Waals surface area contributed by atoms with Crippen molar-refractivity contribution in [3.8, 4) is 0 Å². The van der Waals surface area contributed by atoms with Crippen molar-refractivity contribution >= 4 is 33.0 Å². The first-order valence-electron chi connectivity index (χ1n) is 4.59. The number of ketones is 1. The normalized spacial score (nSPS) is 10.4. The van der Waals surface area contributed by atoms with Crippen LogP contribution in [0.2, 0.25) is 0 Å². The maximum absolute atomic E-state index is 11.6. The Morgan fingerprint density at radius 3 is 2.93 bits per heavy atom. The van der Waals surface area contributed by atoms with E-state index in [1.54, 1.807) is 0 Å². The minimum atomic E-state index is 0.156. The van der Waals surface area contributed by atoms with Crippen LogP contribution in [0.4, 0.5) is 0 Å². The molecule has 0 unspecified atom stereocenters. The zero-order valence-corrected chi connectivity index (χ0v) is 10.5. The quantitative estimate of drug-likeness (QED) is 0.587. The van der Waals surface area contributed by atoms with Crippen LogP contribution >= 0.6 is 27.3 Å². The molecule has 0 saturated carbocycles. The summed E-state index contributed by atoms with van der Waals surface area (Å²) in [4.78, 5) is 12.4. The minimum Gasteiger partial charge on any atom is -0.381 e. The highest BCUT2D eigenvalue weighted by Gasteiger charge is 2.10. The highest BCUT2D eigenvalue weighted by Crippen LogP contribution is 2.23. The standard InChI is InChI=1S/C10H13BrO2S/c1-2-5-13-6-3-9(12)10-8(11)4-7-14-10/h4,7H,2-3,5-6H2,1H3. The summed E-state index contributed by atoms with van der Waals surface area (Å²) in [7, 11) is 0. The Labute approximate surface area is 96.4 Å². The summed E-state index contributed by atoms with van der Waals surface area (Å²) in [6, 6.07) is 1.89. The van der Waals surface area contributed by atoms with Crippen LogP contribution in [0.3, 0.4) is 0 Å². The second-order valence-electron chi connectivity index (χ2n) is 2.88. The summed E-state index contributed by atoms with van der Waals surface area (Å²) in [5.74, 6) is 0.156. The third-order valence-electron chi connectivity index (χ3n) is 1.69. The molecule has 0 atom stereocenters. The van der Waals surface area contributed by atoms with Gasteiger partial charge in [-0.05, 0) is 33.8 Å². The molecule has 0 aliphatic rings. The first kappa shape index (κ1) is 11.9. The Morgan fingerprint density at radius 1 is 1.57 bits per heavy atom. The van der Waals surface area contributed by atoms with E-state index in [9.17, 15) is 4.79 Å². The molecule has 0 aromatic carbocycles. The fraction of sp³-hybridized carbons (Fsp3) is 0.500. The number of ether oxygens (including phenoxy) is 1. The van der Waals surface area contributed by atoms with Gasteiger partial charge in [0, 0.05) is 17.5 Å². The third-order valence-corrected chi connectivity index (χ3v) is 3.57. The van der Waals surface area contributed by atoms with E-state index in [0.717, 1.165) is 22.4 Å². The van der Waals surface area contributed by atoms with E-state index in [1.807, 2.05) is 11.4 Å². The van der Waals surface area contributed by atoms with Crippen LogP contribution in [0.15, 0.2) is 15.9 Å². The van der Waals surface area contributed by atoms with Crippen molar-refractivity contribution in [2.24, 2.45) is 0 Å². The molecule has 0 fully saturated rings. The Hall–Kier alpha value is -0.190. The zero-order valence-electron chi connectivity index (χ0n) is 8.09. The fourth-order valence-corrected chi connectivity index (χ4v) is 2.58. The topological polar surface area (TPSA) is 26.3 Å². The van der Waals surface area contributed by atoms with Gasteiger partial charge in [-0.1, -0.05) is 6.92 Å². The van der Waals surface area contributed by atoms with Crippen molar-refractivity contribution in [2.45, 2.75) is 19.8 Å². The fourth-order valence-electron chi connectivity index (χ4n) is 1.02. The van der Waals surface area contributed by atoms with E-state index in [1.165, 1.54) is 11.3 Å². The van der Waals surface area contributed by atoms with Gasteiger partial charge >= 0.3 is 0 Å². The van der Waals surface area contributed by atoms with E-state index >= 15 is 0 Å². The van der Waals surface area contributed by atoms with Gasteiger partial charge in [-0.2, -0.15) is 0 Å². The van der Waals surface area contributed by atoms with Crippen molar-refractivity contribution in [1.82, 2.24) is 0 Å². The van der Waals surface area contributed by atoms with Crippen LogP contribution < -0.4 is 0 Å². The summed E-state index contributed by atoms with van der Waals surface area (Å²) in [5.41, 5.74) is 0. The summed E-state index contributed by atoms with van der Waals surface area (Å²) in [6.45, 7) is 3.31. The number of carbonyl (C=O) groups excluding carboxylic acids is 1. The molecule has 0 N–H and O–H groups in total. The number of thiophene rings is 1. The molecule has 1 aromatic rings. The lowest BCUT2D eigenvalue weighted by atomic mass is 10.2. The first-order valence-corrected chi connectivity index (χ1v) is 6.27. The lowest BCUT2D eigenvalue weighted by Gasteiger charge is -2.00. The molecule has 0 amide bonds. The Kier molecular flexibility index (Phi) is 5.37. The predicted molar refractivity (Wildman–Crippen MR) is 62.1 cm³/mol. The molecule has 1 heterocycles. The molecule has 78 valence electrons. The van der Waals surface area contributed by atoms with Crippen LogP contribution in [0, 0.1) is 0 Å². The first-order chi connectivity index (χ1) is 6.75. The molecule has 1 aromatic heterocycles. The van der Waals surface area contributed by atoms with Gasteiger partial charge in [-0.3, -0.25) is 4.79 Å². The summed E-state index contributed by atoms with van der Waals surface area (Å²) in [6.07, 6.45) is 1.47. The number of carbonyl (C=O) groups is 1. The monoisotopic (exact) mass is 276 g/mol. The SMILES string of the molecule is CCCOCCC(=O)c1sccc1Br. The molecule has 4 heteroatoms. The molecule has 0 aliphatic carbocycles. The lowest BCUT2D eigenvalue weighted by molar-refractivity contribution is 0.0882. The van der Waals surface area contributed by atoms with Gasteiger partial charge in [0.1, 0.15) is 0 Å². The molecule has 0 radical (unpaired) electrons. The van der Waals surface area contributed by atoms with Crippen LogP contribution in [0.5, 0.6) is 0 Å². The van der Waals surface area contributed by atoms with Gasteiger partial charge in [-0.15, -0.1) is 11.3 Å². The molecule has 14 heavy (non-hydrogen) atoms. The molecule has 0 bridgehead atoms. The highest BCUT2D eigenvalue weighted by molar-refractivity contribution is 9.10. The number of halogens is 1. The summed E-state index contributed by atoms with van der Waals surface area (Å²) < 4.78 is 6.15. The number of hydrogen-bond donors (Lipinski definition) is 0. The zero-order chi connectivity index (χ0) is 10.4. The largest absolute Gasteiger partial charge is 0.381 e. The molecular formula is C10H13BrO2S. The lowest BCUT2D eigenvalue weighted by Crippen LogP contribution is -2.04. The number of rotatable bonds is 6. The molecule has 0 aliphatic heterocycles. The molecule has 1 rings (SSSR count). The van der Waals surface area contributed by atoms with Crippen LogP contribution in [-0.4, -0.2) is 19.0 Å². The molecule has 2 nitrogen and oxygen atoms in total. The predicted octanol–water partition coefficient (Wildman–Crippen LogP) is 3.51. The average Bonchev–Trinajstić information content (AvgIpc) is 2.59. The summed E-state index contributed by atoms with van der Waals surface area (Å²) >= 11 is 4.81. The summed E-state index contributed by atoms with van der Waals surface area (Å²) in [5, 5.41) is 1.91. The molecular weight excluding hydrogens is 264 g/mol. The van der Waals surface area contributed by atoms with Gasteiger partial charge in [0.25, 0.3) is 0 Å². The Balaban J connectivity index is 2.32. The highest BCUT2D eigenvalue weighted by atomic mass is 79.9. The maximum atomic E-state index is 11.6. The van der Waals surface area contributed by atoms with E-state index in [0.29, 0.717) is 13.0 Å². The van der Waals surface area contributed by atoms with Crippen LogP contribution in [0.1, 0.15) is 29.4 Å². The van der Waals surface area contributed by atoms with E-state index in [4.69, 9.17) is 4.74 Å². The van der Waals surface area contributed by atoms with E-state index < -0.39 is 0 Å². The van der Waals surface area contributed by atoms with Crippen LogP contribution in [-0.2, 0) is 4.74 Å². The third kappa shape index (κ3) is 3.52. The number of Topliss-reactive ketones (excluding diaryl/α,β-unsaturated/α-hetero) is 1. The van der Waals surface area contributed by atoms with Gasteiger partial charge in [0.15, 0.2) is 5.78 Å². The maximum Gasteiger partial charge on any atom is 0.176 e. The minimum absolute atomic E-state index is 0.156. The second kappa shape index (κ2) is 6.32. The number of hydrogen-bond acceptors (Lipinski definition) is 3. The van der Waals surface area contributed by atoms with E-state index in [-0.39, 0.29) is 5.78 Å². The van der Waals surface area contributed by atoms with Crippen molar-refractivity contribution in [1.29, 1.82) is 0 Å². The van der Waals surface area contributed by atoms with Gasteiger partial charge < -0.3 is 4.74 Å². The second-order valence-corrected chi connectivity index (χ2v) is 4.65. The van der Waals surface area contributed by atoms with Crippen molar-refractivity contribution in [2.75, 3.05) is 13.2 Å². The Morgan fingerprint density at radius 2 is 2.36 bits per heavy atom.